The van der Waals surface area contributed by atoms with E-state index >= 15 is 0 Å². The highest BCUT2D eigenvalue weighted by atomic mass is 16.6. The fourth-order valence-electron chi connectivity index (χ4n) is 2.88. The zero-order valence-electron chi connectivity index (χ0n) is 13.0. The molecule has 1 heterocycles. The monoisotopic (exact) mass is 283 g/mol. The molecule has 2 fully saturated rings. The van der Waals surface area contributed by atoms with Crippen LogP contribution in [0.4, 0.5) is 4.79 Å². The van der Waals surface area contributed by atoms with E-state index in [1.807, 2.05) is 25.7 Å². The second kappa shape index (κ2) is 6.31. The number of hydrazine groups is 1. The summed E-state index contributed by atoms with van der Waals surface area (Å²) in [5.74, 6) is 7.07. The lowest BCUT2D eigenvalue weighted by atomic mass is 9.94. The highest BCUT2D eigenvalue weighted by molar-refractivity contribution is 5.68. The summed E-state index contributed by atoms with van der Waals surface area (Å²) in [6, 6.07) is 0.322. The smallest absolute Gasteiger partial charge is 0.410 e. The van der Waals surface area contributed by atoms with Crippen molar-refractivity contribution in [3.63, 3.8) is 0 Å². The van der Waals surface area contributed by atoms with E-state index in [4.69, 9.17) is 10.6 Å². The molecule has 0 aromatic heterocycles. The molecule has 2 rings (SSSR count). The first-order valence-electron chi connectivity index (χ1n) is 7.83. The fourth-order valence-corrected chi connectivity index (χ4v) is 2.88. The van der Waals surface area contributed by atoms with Crippen molar-refractivity contribution in [2.45, 2.75) is 64.5 Å². The number of nitrogens with zero attached hydrogens (tertiary/aromatic N) is 1. The maximum Gasteiger partial charge on any atom is 0.410 e. The maximum atomic E-state index is 12.0. The molecule has 2 aliphatic rings. The van der Waals surface area contributed by atoms with E-state index in [0.29, 0.717) is 12.0 Å². The Morgan fingerprint density at radius 2 is 2.10 bits per heavy atom. The van der Waals surface area contributed by atoms with Gasteiger partial charge in [-0.2, -0.15) is 0 Å². The second-order valence-corrected chi connectivity index (χ2v) is 7.27. The van der Waals surface area contributed by atoms with Gasteiger partial charge in [-0.15, -0.1) is 0 Å². The van der Waals surface area contributed by atoms with Crippen LogP contribution in [0.1, 0.15) is 52.9 Å². The van der Waals surface area contributed by atoms with E-state index in [2.05, 4.69) is 5.43 Å². The van der Waals surface area contributed by atoms with Gasteiger partial charge in [0.05, 0.1) is 0 Å². The van der Waals surface area contributed by atoms with Crippen LogP contribution in [0.2, 0.25) is 0 Å². The minimum atomic E-state index is -0.424. The van der Waals surface area contributed by atoms with Crippen molar-refractivity contribution in [2.75, 3.05) is 13.1 Å². The molecule has 1 saturated carbocycles. The summed E-state index contributed by atoms with van der Waals surface area (Å²) in [4.78, 5) is 13.9. The summed E-state index contributed by atoms with van der Waals surface area (Å²) in [5.41, 5.74) is 2.53. The third-order valence-electron chi connectivity index (χ3n) is 4.24. The number of hydrogen-bond acceptors (Lipinski definition) is 4. The molecule has 2 atom stereocenters. The van der Waals surface area contributed by atoms with Crippen molar-refractivity contribution < 1.29 is 9.53 Å². The Bertz CT molecular complexity index is 337. The molecule has 116 valence electrons. The Morgan fingerprint density at radius 3 is 2.65 bits per heavy atom. The molecular formula is C15H29N3O2. The summed E-state index contributed by atoms with van der Waals surface area (Å²) >= 11 is 0. The first-order valence-corrected chi connectivity index (χ1v) is 7.83. The molecule has 1 aliphatic heterocycles. The number of rotatable bonds is 5. The van der Waals surface area contributed by atoms with Crippen molar-refractivity contribution in [1.29, 1.82) is 0 Å². The number of carbonyl (C=O) groups excluding carboxylic acids is 1. The maximum absolute atomic E-state index is 12.0. The van der Waals surface area contributed by atoms with E-state index in [0.717, 1.165) is 31.8 Å². The van der Waals surface area contributed by atoms with Gasteiger partial charge in [0.2, 0.25) is 0 Å². The number of hydrogen-bond donors (Lipinski definition) is 2. The van der Waals surface area contributed by atoms with Gasteiger partial charge in [-0.25, -0.2) is 4.79 Å². The van der Waals surface area contributed by atoms with Gasteiger partial charge in [0.25, 0.3) is 0 Å². The van der Waals surface area contributed by atoms with Crippen LogP contribution in [0.3, 0.4) is 0 Å². The summed E-state index contributed by atoms with van der Waals surface area (Å²) in [6.45, 7) is 7.24. The van der Waals surface area contributed by atoms with Crippen LogP contribution in [0.15, 0.2) is 0 Å². The van der Waals surface area contributed by atoms with Gasteiger partial charge in [0.1, 0.15) is 5.60 Å². The van der Waals surface area contributed by atoms with Crippen molar-refractivity contribution in [1.82, 2.24) is 10.3 Å². The van der Waals surface area contributed by atoms with E-state index in [1.165, 1.54) is 19.3 Å². The summed E-state index contributed by atoms with van der Waals surface area (Å²) in [6.07, 6.45) is 5.96. The molecule has 0 radical (unpaired) electrons. The standard InChI is InChI=1S/C15H29N3O2/c1-15(2,3)20-14(19)18-9-8-12(10-18)13(17-16)7-6-11-4-5-11/h11-13,17H,4-10,16H2,1-3H3. The third-order valence-corrected chi connectivity index (χ3v) is 4.24. The Labute approximate surface area is 122 Å². The number of likely N-dealkylation sites (tertiary alicyclic amines) is 1. The number of nitrogens with two attached hydrogens (primary N) is 1. The Balaban J connectivity index is 1.78. The van der Waals surface area contributed by atoms with Gasteiger partial charge in [-0.3, -0.25) is 11.3 Å². The van der Waals surface area contributed by atoms with Crippen LogP contribution < -0.4 is 11.3 Å². The predicted octanol–water partition coefficient (Wildman–Crippen LogP) is 2.27. The quantitative estimate of drug-likeness (QED) is 0.600. The average molecular weight is 283 g/mol. The van der Waals surface area contributed by atoms with Crippen LogP contribution in [0.25, 0.3) is 0 Å². The van der Waals surface area contributed by atoms with E-state index in [-0.39, 0.29) is 6.09 Å². The molecule has 0 spiro atoms. The predicted molar refractivity (Wildman–Crippen MR) is 79.0 cm³/mol. The molecule has 0 bridgehead atoms. The van der Waals surface area contributed by atoms with Crippen LogP contribution in [0.5, 0.6) is 0 Å². The van der Waals surface area contributed by atoms with Crippen molar-refractivity contribution in [2.24, 2.45) is 17.7 Å². The number of amides is 1. The molecule has 0 aromatic rings. The molecule has 5 heteroatoms. The van der Waals surface area contributed by atoms with Crippen LogP contribution in [-0.2, 0) is 4.74 Å². The van der Waals surface area contributed by atoms with Crippen LogP contribution >= 0.6 is 0 Å². The molecule has 0 aromatic carbocycles. The minimum Gasteiger partial charge on any atom is -0.444 e. The van der Waals surface area contributed by atoms with Gasteiger partial charge in [-0.05, 0) is 51.9 Å². The number of nitrogens with one attached hydrogen (secondary N) is 1. The molecular weight excluding hydrogens is 254 g/mol. The van der Waals surface area contributed by atoms with Gasteiger partial charge in [-0.1, -0.05) is 12.8 Å². The largest absolute Gasteiger partial charge is 0.444 e. The van der Waals surface area contributed by atoms with Crippen LogP contribution in [-0.4, -0.2) is 35.7 Å². The lowest BCUT2D eigenvalue weighted by Gasteiger charge is -2.26. The summed E-state index contributed by atoms with van der Waals surface area (Å²) in [7, 11) is 0. The van der Waals surface area contributed by atoms with E-state index < -0.39 is 5.60 Å². The molecule has 1 saturated heterocycles. The van der Waals surface area contributed by atoms with Crippen molar-refractivity contribution in [3.05, 3.63) is 0 Å². The van der Waals surface area contributed by atoms with Crippen LogP contribution in [0, 0.1) is 11.8 Å². The molecule has 1 amide bonds. The van der Waals surface area contributed by atoms with E-state index in [9.17, 15) is 4.79 Å². The van der Waals surface area contributed by atoms with Gasteiger partial charge in [0, 0.05) is 19.1 Å². The summed E-state index contributed by atoms with van der Waals surface area (Å²) in [5, 5.41) is 0. The van der Waals surface area contributed by atoms with Gasteiger partial charge >= 0.3 is 6.09 Å². The Morgan fingerprint density at radius 1 is 1.40 bits per heavy atom. The lowest BCUT2D eigenvalue weighted by molar-refractivity contribution is 0.0285. The first kappa shape index (κ1) is 15.6. The number of ether oxygens (including phenoxy) is 1. The molecule has 1 aliphatic carbocycles. The average Bonchev–Trinajstić information content (AvgIpc) is 3.03. The summed E-state index contributed by atoms with van der Waals surface area (Å²) < 4.78 is 5.43. The van der Waals surface area contributed by atoms with Gasteiger partial charge < -0.3 is 9.64 Å². The SMILES string of the molecule is CC(C)(C)OC(=O)N1CCC(C(CCC2CC2)NN)C1. The first-order chi connectivity index (χ1) is 9.39. The number of carbonyl (C=O) groups is 1. The van der Waals surface area contributed by atoms with Crippen molar-refractivity contribution in [3.8, 4) is 0 Å². The highest BCUT2D eigenvalue weighted by Gasteiger charge is 2.34. The topological polar surface area (TPSA) is 67.6 Å². The Kier molecular flexibility index (Phi) is 4.91. The minimum absolute atomic E-state index is 0.196. The molecule has 20 heavy (non-hydrogen) atoms. The molecule has 3 N–H and O–H groups in total. The Hall–Kier alpha value is -0.810. The zero-order valence-corrected chi connectivity index (χ0v) is 13.0. The lowest BCUT2D eigenvalue weighted by Crippen LogP contribution is -2.43. The van der Waals surface area contributed by atoms with Gasteiger partial charge in [0.15, 0.2) is 0 Å². The highest BCUT2D eigenvalue weighted by Crippen LogP contribution is 2.35. The fraction of sp³-hybridized carbons (Fsp3) is 0.933. The molecule has 2 unspecified atom stereocenters. The second-order valence-electron chi connectivity index (χ2n) is 7.27. The zero-order chi connectivity index (χ0) is 14.8. The van der Waals surface area contributed by atoms with E-state index in [1.54, 1.807) is 0 Å². The van der Waals surface area contributed by atoms with Crippen molar-refractivity contribution >= 4 is 6.09 Å². The third kappa shape index (κ3) is 4.63. The molecule has 5 nitrogen and oxygen atoms in total. The normalized spacial score (nSPS) is 24.8.